The number of hydrogen-bond donors (Lipinski definition) is 2. The molecular weight excluding hydrogens is 467 g/mol. The van der Waals surface area contributed by atoms with Crippen LogP contribution in [0.5, 0.6) is 0 Å². The number of halogens is 2. The van der Waals surface area contributed by atoms with E-state index in [-0.39, 0.29) is 16.3 Å². The summed E-state index contributed by atoms with van der Waals surface area (Å²) in [5.74, 6) is -1.07. The van der Waals surface area contributed by atoms with Crippen molar-refractivity contribution in [2.24, 2.45) is 0 Å². The predicted octanol–water partition coefficient (Wildman–Crippen LogP) is 4.18. The van der Waals surface area contributed by atoms with Crippen LogP contribution in [0.1, 0.15) is 5.56 Å². The Morgan fingerprint density at radius 2 is 1.82 bits per heavy atom. The molecule has 2 N–H and O–H groups in total. The third-order valence-electron chi connectivity index (χ3n) is 3.80. The molecule has 3 rings (SSSR count). The van der Waals surface area contributed by atoms with Crippen LogP contribution in [-0.2, 0) is 21.2 Å². The van der Waals surface area contributed by atoms with Gasteiger partial charge < -0.3 is 5.32 Å². The first-order valence-electron chi connectivity index (χ1n) is 8.21. The highest BCUT2D eigenvalue weighted by Gasteiger charge is 2.27. The van der Waals surface area contributed by atoms with Gasteiger partial charge in [0.25, 0.3) is 10.0 Å². The van der Waals surface area contributed by atoms with Crippen LogP contribution in [0.15, 0.2) is 74.7 Å². The number of thiophene rings is 1. The molecule has 146 valence electrons. The van der Waals surface area contributed by atoms with E-state index < -0.39 is 27.8 Å². The standard InChI is InChI=1S/C19H16BrFN2O3S2/c20-17-9-10-18(27-17)28(25,26)23-16(11-13-5-2-1-3-6-13)19(24)22-15-8-4-7-14(21)12-15/h1-10,12,16,23H,11H2,(H,22,24)/t16-/m0/s1. The van der Waals surface area contributed by atoms with Gasteiger partial charge in [-0.05, 0) is 58.2 Å². The van der Waals surface area contributed by atoms with Gasteiger partial charge in [-0.2, -0.15) is 4.72 Å². The van der Waals surface area contributed by atoms with E-state index in [4.69, 9.17) is 0 Å². The van der Waals surface area contributed by atoms with Crippen LogP contribution in [0.2, 0.25) is 0 Å². The van der Waals surface area contributed by atoms with Crippen molar-refractivity contribution in [2.45, 2.75) is 16.7 Å². The molecule has 1 atom stereocenters. The number of rotatable bonds is 7. The molecule has 1 aromatic heterocycles. The third kappa shape index (κ3) is 5.48. The average Bonchev–Trinajstić information content (AvgIpc) is 3.09. The molecule has 0 bridgehead atoms. The molecule has 3 aromatic rings. The van der Waals surface area contributed by atoms with Gasteiger partial charge in [0.15, 0.2) is 0 Å². The number of amides is 1. The lowest BCUT2D eigenvalue weighted by Crippen LogP contribution is -2.45. The van der Waals surface area contributed by atoms with E-state index in [1.807, 2.05) is 18.2 Å². The van der Waals surface area contributed by atoms with E-state index in [9.17, 15) is 17.6 Å². The van der Waals surface area contributed by atoms with Crippen molar-refractivity contribution >= 4 is 48.9 Å². The van der Waals surface area contributed by atoms with Crippen LogP contribution in [-0.4, -0.2) is 20.4 Å². The van der Waals surface area contributed by atoms with Crippen molar-refractivity contribution in [3.8, 4) is 0 Å². The number of carbonyl (C=O) groups excluding carboxylic acids is 1. The van der Waals surface area contributed by atoms with Gasteiger partial charge in [0, 0.05) is 5.69 Å². The summed E-state index contributed by atoms with van der Waals surface area (Å²) in [6.45, 7) is 0. The molecule has 0 unspecified atom stereocenters. The number of hydrogen-bond acceptors (Lipinski definition) is 4. The van der Waals surface area contributed by atoms with Gasteiger partial charge in [0.2, 0.25) is 5.91 Å². The average molecular weight is 483 g/mol. The van der Waals surface area contributed by atoms with Gasteiger partial charge >= 0.3 is 0 Å². The van der Waals surface area contributed by atoms with Gasteiger partial charge in [-0.25, -0.2) is 12.8 Å². The van der Waals surface area contributed by atoms with Crippen LogP contribution >= 0.6 is 27.3 Å². The van der Waals surface area contributed by atoms with Crippen molar-refractivity contribution in [3.63, 3.8) is 0 Å². The Balaban J connectivity index is 1.85. The highest BCUT2D eigenvalue weighted by atomic mass is 79.9. The second-order valence-corrected chi connectivity index (χ2v) is 10.3. The molecule has 0 saturated carbocycles. The molecule has 0 fully saturated rings. The zero-order valence-electron chi connectivity index (χ0n) is 14.4. The summed E-state index contributed by atoms with van der Waals surface area (Å²) in [5.41, 5.74) is 1.04. The fourth-order valence-electron chi connectivity index (χ4n) is 2.52. The largest absolute Gasteiger partial charge is 0.325 e. The minimum Gasteiger partial charge on any atom is -0.325 e. The Morgan fingerprint density at radius 3 is 2.46 bits per heavy atom. The highest BCUT2D eigenvalue weighted by Crippen LogP contribution is 2.26. The van der Waals surface area contributed by atoms with Gasteiger partial charge in [0.1, 0.15) is 16.1 Å². The Labute approximate surface area is 174 Å². The topological polar surface area (TPSA) is 75.3 Å². The second-order valence-electron chi connectivity index (χ2n) is 5.92. The SMILES string of the molecule is O=C(Nc1cccc(F)c1)[C@H](Cc1ccccc1)NS(=O)(=O)c1ccc(Br)s1. The Morgan fingerprint density at radius 1 is 1.07 bits per heavy atom. The monoisotopic (exact) mass is 482 g/mol. The summed E-state index contributed by atoms with van der Waals surface area (Å²) >= 11 is 4.28. The van der Waals surface area contributed by atoms with Crippen LogP contribution in [0.25, 0.3) is 0 Å². The molecule has 0 aliphatic heterocycles. The van der Waals surface area contributed by atoms with E-state index in [1.165, 1.54) is 30.3 Å². The normalized spacial score (nSPS) is 12.5. The Hall–Kier alpha value is -2.07. The first kappa shape index (κ1) is 20.7. The Kier molecular flexibility index (Phi) is 6.61. The van der Waals surface area contributed by atoms with E-state index in [1.54, 1.807) is 18.2 Å². The van der Waals surface area contributed by atoms with Crippen molar-refractivity contribution in [2.75, 3.05) is 5.32 Å². The second kappa shape index (κ2) is 8.95. The molecule has 0 aliphatic carbocycles. The molecule has 0 radical (unpaired) electrons. The molecule has 2 aromatic carbocycles. The predicted molar refractivity (Wildman–Crippen MR) is 111 cm³/mol. The lowest BCUT2D eigenvalue weighted by molar-refractivity contribution is -0.117. The number of nitrogens with one attached hydrogen (secondary N) is 2. The maximum Gasteiger partial charge on any atom is 0.250 e. The lowest BCUT2D eigenvalue weighted by Gasteiger charge is -2.18. The maximum absolute atomic E-state index is 13.4. The quantitative estimate of drug-likeness (QED) is 0.530. The van der Waals surface area contributed by atoms with E-state index in [0.29, 0.717) is 3.79 Å². The molecule has 1 amide bonds. The summed E-state index contributed by atoms with van der Waals surface area (Å²) in [5, 5.41) is 2.57. The highest BCUT2D eigenvalue weighted by molar-refractivity contribution is 9.11. The van der Waals surface area contributed by atoms with Crippen molar-refractivity contribution in [1.29, 1.82) is 0 Å². The first-order valence-corrected chi connectivity index (χ1v) is 11.3. The maximum atomic E-state index is 13.4. The number of sulfonamides is 1. The van der Waals surface area contributed by atoms with E-state index >= 15 is 0 Å². The molecule has 9 heteroatoms. The molecule has 28 heavy (non-hydrogen) atoms. The van der Waals surface area contributed by atoms with Gasteiger partial charge in [-0.3, -0.25) is 4.79 Å². The first-order chi connectivity index (χ1) is 13.3. The molecular formula is C19H16BrFN2O3S2. The smallest absolute Gasteiger partial charge is 0.250 e. The fourth-order valence-corrected chi connectivity index (χ4v) is 5.74. The summed E-state index contributed by atoms with van der Waals surface area (Å²) in [7, 11) is -3.90. The molecule has 0 aliphatic rings. The van der Waals surface area contributed by atoms with Gasteiger partial charge in [-0.1, -0.05) is 36.4 Å². The summed E-state index contributed by atoms with van der Waals surface area (Å²) in [6, 6.07) is 16.5. The van der Waals surface area contributed by atoms with Crippen LogP contribution in [0.4, 0.5) is 10.1 Å². The molecule has 1 heterocycles. The fraction of sp³-hybridized carbons (Fsp3) is 0.105. The summed E-state index contributed by atoms with van der Waals surface area (Å²) in [6.07, 6.45) is 0.147. The van der Waals surface area contributed by atoms with Gasteiger partial charge in [0.05, 0.1) is 3.79 Å². The van der Waals surface area contributed by atoms with E-state index in [2.05, 4.69) is 26.0 Å². The van der Waals surface area contributed by atoms with Crippen molar-refractivity contribution in [3.05, 3.63) is 81.9 Å². The molecule has 0 saturated heterocycles. The Bertz CT molecular complexity index is 1070. The number of anilines is 1. The van der Waals surface area contributed by atoms with Gasteiger partial charge in [-0.15, -0.1) is 11.3 Å². The van der Waals surface area contributed by atoms with Crippen molar-refractivity contribution in [1.82, 2.24) is 4.72 Å². The summed E-state index contributed by atoms with van der Waals surface area (Å²) < 4.78 is 42.0. The number of benzene rings is 2. The number of carbonyl (C=O) groups is 1. The summed E-state index contributed by atoms with van der Waals surface area (Å²) in [4.78, 5) is 12.8. The van der Waals surface area contributed by atoms with Crippen LogP contribution in [0.3, 0.4) is 0 Å². The lowest BCUT2D eigenvalue weighted by atomic mass is 10.1. The third-order valence-corrected chi connectivity index (χ3v) is 7.39. The van der Waals surface area contributed by atoms with Crippen molar-refractivity contribution < 1.29 is 17.6 Å². The zero-order valence-corrected chi connectivity index (χ0v) is 17.7. The van der Waals surface area contributed by atoms with E-state index in [0.717, 1.165) is 16.9 Å². The van der Waals surface area contributed by atoms with Crippen LogP contribution < -0.4 is 10.0 Å². The molecule has 0 spiro atoms. The molecule has 5 nitrogen and oxygen atoms in total. The minimum absolute atomic E-state index is 0.0935. The minimum atomic E-state index is -3.90. The van der Waals surface area contributed by atoms with Crippen LogP contribution in [0, 0.1) is 5.82 Å². The zero-order chi connectivity index (χ0) is 20.1.